The molecule has 0 spiro atoms. The van der Waals surface area contributed by atoms with E-state index in [2.05, 4.69) is 23.5 Å². The third kappa shape index (κ3) is 2.21. The van der Waals surface area contributed by atoms with Crippen molar-refractivity contribution >= 4 is 12.2 Å². The predicted octanol–water partition coefficient (Wildman–Crippen LogP) is 2.97. The Kier molecular flexibility index (Phi) is 4.37. The molecular formula is C13H20N2. The lowest BCUT2D eigenvalue weighted by molar-refractivity contribution is 0.634. The van der Waals surface area contributed by atoms with Crippen molar-refractivity contribution in [2.24, 2.45) is 0 Å². The van der Waals surface area contributed by atoms with Crippen molar-refractivity contribution in [3.63, 3.8) is 0 Å². The van der Waals surface area contributed by atoms with Crippen LogP contribution in [0, 0.1) is 0 Å². The molecule has 2 heterocycles. The molecule has 0 fully saturated rings. The van der Waals surface area contributed by atoms with Crippen LogP contribution in [0.5, 0.6) is 0 Å². The molecule has 1 aliphatic rings. The molecule has 0 saturated carbocycles. The van der Waals surface area contributed by atoms with E-state index in [1.54, 1.807) is 0 Å². The number of fused-ring (bicyclic) bond motifs is 1. The minimum Gasteiger partial charge on any atom is -0.357 e. The highest BCUT2D eigenvalue weighted by Gasteiger charge is 2.15. The summed E-state index contributed by atoms with van der Waals surface area (Å²) in [4.78, 5) is 3.35. The van der Waals surface area contributed by atoms with E-state index in [9.17, 15) is 0 Å². The van der Waals surface area contributed by atoms with Gasteiger partial charge in [0.25, 0.3) is 0 Å². The highest BCUT2D eigenvalue weighted by atomic mass is 14.9. The third-order valence-corrected chi connectivity index (χ3v) is 2.53. The Bertz CT molecular complexity index is 348. The summed E-state index contributed by atoms with van der Waals surface area (Å²) < 4.78 is 0. The topological polar surface area (TPSA) is 27.8 Å². The molecule has 0 bridgehead atoms. The summed E-state index contributed by atoms with van der Waals surface area (Å²) in [5.41, 5.74) is 5.02. The number of nitrogens with one attached hydrogen (secondary N) is 2. The van der Waals surface area contributed by atoms with Gasteiger partial charge in [0.15, 0.2) is 0 Å². The number of rotatable bonds is 2. The standard InChI is InChI=1S/C11H14N2.C2H6/c1-3-8-9-5-6-12-7-11(9)13-10(8)4-2;1-2/h3-4,12-13H,1-2,5-7H2;1-2H3. The molecule has 0 aromatic carbocycles. The van der Waals surface area contributed by atoms with Gasteiger partial charge < -0.3 is 10.3 Å². The molecule has 2 rings (SSSR count). The first-order valence-electron chi connectivity index (χ1n) is 5.56. The monoisotopic (exact) mass is 204 g/mol. The summed E-state index contributed by atoms with van der Waals surface area (Å²) in [5.74, 6) is 0. The maximum Gasteiger partial charge on any atom is 0.0453 e. The molecule has 1 aromatic rings. The molecule has 15 heavy (non-hydrogen) atoms. The van der Waals surface area contributed by atoms with E-state index in [4.69, 9.17) is 0 Å². The first kappa shape index (κ1) is 11.8. The van der Waals surface area contributed by atoms with Gasteiger partial charge in [-0.25, -0.2) is 0 Å². The Morgan fingerprint density at radius 1 is 1.20 bits per heavy atom. The highest BCUT2D eigenvalue weighted by molar-refractivity contribution is 5.66. The van der Waals surface area contributed by atoms with Gasteiger partial charge in [-0.1, -0.05) is 33.1 Å². The number of aromatic amines is 1. The number of hydrogen-bond acceptors (Lipinski definition) is 1. The first-order chi connectivity index (χ1) is 7.36. The van der Waals surface area contributed by atoms with Crippen molar-refractivity contribution in [3.05, 3.63) is 35.7 Å². The third-order valence-electron chi connectivity index (χ3n) is 2.53. The number of H-pyrrole nitrogens is 1. The molecule has 0 radical (unpaired) electrons. The fraction of sp³-hybridized carbons (Fsp3) is 0.385. The van der Waals surface area contributed by atoms with Gasteiger partial charge in [0.05, 0.1) is 0 Å². The molecule has 2 N–H and O–H groups in total. The van der Waals surface area contributed by atoms with Crippen LogP contribution in [-0.2, 0) is 13.0 Å². The summed E-state index contributed by atoms with van der Waals surface area (Å²) in [5, 5.41) is 3.33. The quantitative estimate of drug-likeness (QED) is 0.761. The number of hydrogen-bond donors (Lipinski definition) is 2. The molecule has 0 unspecified atom stereocenters. The van der Waals surface area contributed by atoms with Crippen LogP contribution in [0.25, 0.3) is 12.2 Å². The first-order valence-corrected chi connectivity index (χ1v) is 5.56. The molecule has 0 saturated heterocycles. The Labute approximate surface area is 92.1 Å². The summed E-state index contributed by atoms with van der Waals surface area (Å²) in [6, 6.07) is 0. The average Bonchev–Trinajstić information content (AvgIpc) is 2.69. The fourth-order valence-electron chi connectivity index (χ4n) is 1.89. The Morgan fingerprint density at radius 2 is 1.93 bits per heavy atom. The second kappa shape index (κ2) is 5.56. The lowest BCUT2D eigenvalue weighted by atomic mass is 10.0. The van der Waals surface area contributed by atoms with Crippen molar-refractivity contribution in [2.75, 3.05) is 6.54 Å². The van der Waals surface area contributed by atoms with Crippen molar-refractivity contribution in [2.45, 2.75) is 26.8 Å². The molecule has 0 aliphatic carbocycles. The summed E-state index contributed by atoms with van der Waals surface area (Å²) in [7, 11) is 0. The van der Waals surface area contributed by atoms with E-state index >= 15 is 0 Å². The number of aromatic nitrogens is 1. The smallest absolute Gasteiger partial charge is 0.0453 e. The minimum atomic E-state index is 0.935. The van der Waals surface area contributed by atoms with Crippen LogP contribution >= 0.6 is 0 Å². The van der Waals surface area contributed by atoms with Crippen LogP contribution in [0.2, 0.25) is 0 Å². The zero-order valence-corrected chi connectivity index (χ0v) is 9.69. The molecule has 1 aliphatic heterocycles. The molecule has 82 valence electrons. The van der Waals surface area contributed by atoms with Crippen molar-refractivity contribution in [1.82, 2.24) is 10.3 Å². The van der Waals surface area contributed by atoms with Gasteiger partial charge in [-0.3, -0.25) is 0 Å². The minimum absolute atomic E-state index is 0.935. The van der Waals surface area contributed by atoms with Gasteiger partial charge in [0.1, 0.15) is 0 Å². The van der Waals surface area contributed by atoms with Crippen molar-refractivity contribution in [1.29, 1.82) is 0 Å². The SMILES string of the molecule is C=Cc1[nH]c2c(c1C=C)CCNC2.CC. The average molecular weight is 204 g/mol. The molecular weight excluding hydrogens is 184 g/mol. The largest absolute Gasteiger partial charge is 0.357 e. The van der Waals surface area contributed by atoms with Gasteiger partial charge in [0, 0.05) is 23.5 Å². The fourth-order valence-corrected chi connectivity index (χ4v) is 1.89. The van der Waals surface area contributed by atoms with Gasteiger partial charge in [0.2, 0.25) is 0 Å². The van der Waals surface area contributed by atoms with Crippen LogP contribution in [0.4, 0.5) is 0 Å². The maximum absolute atomic E-state index is 3.83. The second-order valence-electron chi connectivity index (χ2n) is 3.24. The summed E-state index contributed by atoms with van der Waals surface area (Å²) >= 11 is 0. The zero-order valence-electron chi connectivity index (χ0n) is 9.69. The molecule has 1 aromatic heterocycles. The van der Waals surface area contributed by atoms with Crippen molar-refractivity contribution < 1.29 is 0 Å². The van der Waals surface area contributed by atoms with Crippen molar-refractivity contribution in [3.8, 4) is 0 Å². The van der Waals surface area contributed by atoms with E-state index in [0.29, 0.717) is 0 Å². The maximum atomic E-state index is 3.83. The predicted molar refractivity (Wildman–Crippen MR) is 67.7 cm³/mol. The Hall–Kier alpha value is -1.28. The van der Waals surface area contributed by atoms with E-state index in [0.717, 1.165) is 25.2 Å². The normalized spacial score (nSPS) is 13.5. The van der Waals surface area contributed by atoms with Crippen LogP contribution < -0.4 is 5.32 Å². The lowest BCUT2D eigenvalue weighted by Gasteiger charge is -2.12. The molecule has 0 atom stereocenters. The zero-order chi connectivity index (χ0) is 11.3. The van der Waals surface area contributed by atoms with Crippen LogP contribution in [-0.4, -0.2) is 11.5 Å². The molecule has 2 nitrogen and oxygen atoms in total. The Morgan fingerprint density at radius 3 is 2.53 bits per heavy atom. The van der Waals surface area contributed by atoms with Crippen LogP contribution in [0.1, 0.15) is 36.4 Å². The Balaban J connectivity index is 0.000000531. The van der Waals surface area contributed by atoms with E-state index in [1.807, 2.05) is 26.0 Å². The van der Waals surface area contributed by atoms with Gasteiger partial charge in [-0.05, 0) is 24.6 Å². The van der Waals surface area contributed by atoms with E-state index in [1.165, 1.54) is 16.8 Å². The van der Waals surface area contributed by atoms with Gasteiger partial charge in [-0.15, -0.1) is 0 Å². The van der Waals surface area contributed by atoms with Gasteiger partial charge in [-0.2, -0.15) is 0 Å². The van der Waals surface area contributed by atoms with Crippen LogP contribution in [0.15, 0.2) is 13.2 Å². The van der Waals surface area contributed by atoms with Crippen LogP contribution in [0.3, 0.4) is 0 Å². The van der Waals surface area contributed by atoms with Gasteiger partial charge >= 0.3 is 0 Å². The van der Waals surface area contributed by atoms with E-state index < -0.39 is 0 Å². The lowest BCUT2D eigenvalue weighted by Crippen LogP contribution is -2.23. The molecule has 2 heteroatoms. The molecule has 0 amide bonds. The second-order valence-corrected chi connectivity index (χ2v) is 3.24. The van der Waals surface area contributed by atoms with E-state index in [-0.39, 0.29) is 0 Å². The highest BCUT2D eigenvalue weighted by Crippen LogP contribution is 2.23. The summed E-state index contributed by atoms with van der Waals surface area (Å²) in [6.07, 6.45) is 4.86. The summed E-state index contributed by atoms with van der Waals surface area (Å²) in [6.45, 7) is 13.6.